The van der Waals surface area contributed by atoms with Crippen molar-refractivity contribution < 1.29 is 9.53 Å². The number of amides is 1. The van der Waals surface area contributed by atoms with Crippen molar-refractivity contribution in [3.05, 3.63) is 75.7 Å². The summed E-state index contributed by atoms with van der Waals surface area (Å²) in [5.74, 6) is -0.253. The largest absolute Gasteiger partial charge is 0.376 e. The number of hydrogen-bond donors (Lipinski definition) is 0. The molecule has 1 aromatic heterocycles. The molecule has 0 N–H and O–H groups in total. The lowest BCUT2D eigenvalue weighted by Crippen LogP contribution is -2.36. The quantitative estimate of drug-likeness (QED) is 0.789. The molecule has 0 aliphatic carbocycles. The van der Waals surface area contributed by atoms with E-state index in [-0.39, 0.29) is 23.1 Å². The van der Waals surface area contributed by atoms with Crippen molar-refractivity contribution in [2.45, 2.75) is 32.4 Å². The molecule has 1 unspecified atom stereocenters. The first-order chi connectivity index (χ1) is 13.1. The molecule has 1 aliphatic heterocycles. The third-order valence-corrected chi connectivity index (χ3v) is 4.85. The van der Waals surface area contributed by atoms with Crippen LogP contribution in [0.15, 0.2) is 53.5 Å². The Morgan fingerprint density at radius 1 is 1.30 bits per heavy atom. The van der Waals surface area contributed by atoms with Crippen molar-refractivity contribution in [1.82, 2.24) is 9.47 Å². The summed E-state index contributed by atoms with van der Waals surface area (Å²) in [6.45, 7) is 3.48. The van der Waals surface area contributed by atoms with Crippen molar-refractivity contribution in [3.63, 3.8) is 0 Å². The molecule has 0 bridgehead atoms. The summed E-state index contributed by atoms with van der Waals surface area (Å²) >= 11 is 0. The Labute approximate surface area is 159 Å². The lowest BCUT2D eigenvalue weighted by atomic mass is 10.1. The van der Waals surface area contributed by atoms with Gasteiger partial charge >= 0.3 is 0 Å². The summed E-state index contributed by atoms with van der Waals surface area (Å²) in [6.07, 6.45) is 7.68. The number of rotatable bonds is 6. The van der Waals surface area contributed by atoms with E-state index < -0.39 is 0 Å². The summed E-state index contributed by atoms with van der Waals surface area (Å²) in [6, 6.07) is 11.7. The van der Waals surface area contributed by atoms with Gasteiger partial charge in [0.25, 0.3) is 11.5 Å². The van der Waals surface area contributed by atoms with Crippen LogP contribution < -0.4 is 5.56 Å². The number of aryl methyl sites for hydroxylation is 1. The highest BCUT2D eigenvalue weighted by Crippen LogP contribution is 2.14. The Hall–Kier alpha value is -2.66. The molecule has 27 heavy (non-hydrogen) atoms. The van der Waals surface area contributed by atoms with Gasteiger partial charge in [-0.2, -0.15) is 0 Å². The molecule has 1 aromatic carbocycles. The third-order valence-electron chi connectivity index (χ3n) is 4.85. The second-order valence-electron chi connectivity index (χ2n) is 6.97. The van der Waals surface area contributed by atoms with Crippen LogP contribution in [0.3, 0.4) is 0 Å². The van der Waals surface area contributed by atoms with Crippen molar-refractivity contribution >= 4 is 12.0 Å². The molecule has 1 saturated heterocycles. The number of likely N-dealkylation sites (N-methyl/N-ethyl adjacent to an activating group) is 1. The number of hydrogen-bond acceptors (Lipinski definition) is 3. The first kappa shape index (κ1) is 19.1. The van der Waals surface area contributed by atoms with Crippen molar-refractivity contribution in [3.8, 4) is 0 Å². The Bertz CT molecular complexity index is 865. The van der Waals surface area contributed by atoms with Crippen molar-refractivity contribution in [1.29, 1.82) is 0 Å². The Balaban J connectivity index is 1.72. The molecule has 5 heteroatoms. The van der Waals surface area contributed by atoms with Crippen LogP contribution in [-0.2, 0) is 11.3 Å². The van der Waals surface area contributed by atoms with Crippen LogP contribution >= 0.6 is 0 Å². The molecule has 5 nitrogen and oxygen atoms in total. The van der Waals surface area contributed by atoms with Crippen LogP contribution in [0.5, 0.6) is 0 Å². The minimum atomic E-state index is -0.253. The molecule has 0 saturated carbocycles. The molecule has 1 fully saturated rings. The Kier molecular flexibility index (Phi) is 6.24. The SMILES string of the molecule is Cc1ccn(CC2CCCO2)c(=O)c1C(=O)N(C)C/C=C/c1ccccc1. The molecule has 142 valence electrons. The van der Waals surface area contributed by atoms with Crippen LogP contribution in [0.4, 0.5) is 0 Å². The lowest BCUT2D eigenvalue weighted by molar-refractivity contribution is 0.0802. The highest BCUT2D eigenvalue weighted by atomic mass is 16.5. The monoisotopic (exact) mass is 366 g/mol. The Morgan fingerprint density at radius 2 is 2.07 bits per heavy atom. The van der Waals surface area contributed by atoms with E-state index in [1.54, 1.807) is 29.6 Å². The van der Waals surface area contributed by atoms with Crippen molar-refractivity contribution in [2.24, 2.45) is 0 Å². The number of pyridine rings is 1. The molecular weight excluding hydrogens is 340 g/mol. The van der Waals surface area contributed by atoms with Gasteiger partial charge in [-0.15, -0.1) is 0 Å². The first-order valence-corrected chi connectivity index (χ1v) is 9.35. The molecule has 0 radical (unpaired) electrons. The third kappa shape index (κ3) is 4.74. The van der Waals surface area contributed by atoms with Gasteiger partial charge in [0.1, 0.15) is 5.56 Å². The van der Waals surface area contributed by atoms with E-state index in [0.717, 1.165) is 25.0 Å². The lowest BCUT2D eigenvalue weighted by Gasteiger charge is -2.18. The summed E-state index contributed by atoms with van der Waals surface area (Å²) in [5, 5.41) is 0. The van der Waals surface area contributed by atoms with Crippen LogP contribution in [0.1, 0.15) is 34.3 Å². The van der Waals surface area contributed by atoms with Crippen LogP contribution in [0.2, 0.25) is 0 Å². The van der Waals surface area contributed by atoms with E-state index >= 15 is 0 Å². The highest BCUT2D eigenvalue weighted by molar-refractivity contribution is 5.95. The first-order valence-electron chi connectivity index (χ1n) is 9.35. The summed E-state index contributed by atoms with van der Waals surface area (Å²) < 4.78 is 7.22. The summed E-state index contributed by atoms with van der Waals surface area (Å²) in [5.41, 5.74) is 1.78. The maximum Gasteiger partial charge on any atom is 0.263 e. The van der Waals surface area contributed by atoms with Gasteiger partial charge in [-0.25, -0.2) is 0 Å². The van der Waals surface area contributed by atoms with Gasteiger partial charge in [-0.1, -0.05) is 42.5 Å². The van der Waals surface area contributed by atoms with Crippen molar-refractivity contribution in [2.75, 3.05) is 20.2 Å². The molecule has 1 aliphatic rings. The van der Waals surface area contributed by atoms with Crippen LogP contribution in [-0.4, -0.2) is 41.7 Å². The van der Waals surface area contributed by atoms with Gasteiger partial charge in [0, 0.05) is 26.4 Å². The fraction of sp³-hybridized carbons (Fsp3) is 0.364. The zero-order chi connectivity index (χ0) is 19.2. The standard InChI is InChI=1S/C22H26N2O3/c1-17-12-14-24(16-19-11-7-15-27-19)22(26)20(17)21(25)23(2)13-6-10-18-8-4-3-5-9-18/h3-6,8-10,12,14,19H,7,11,13,15-16H2,1-2H3/b10-6+. The van der Waals surface area contributed by atoms with E-state index in [1.807, 2.05) is 48.6 Å². The van der Waals surface area contributed by atoms with E-state index in [0.29, 0.717) is 18.7 Å². The molecule has 1 atom stereocenters. The molecule has 2 aromatic rings. The predicted molar refractivity (Wildman–Crippen MR) is 107 cm³/mol. The van der Waals surface area contributed by atoms with Gasteiger partial charge in [0.05, 0.1) is 12.6 Å². The molecule has 1 amide bonds. The number of nitrogens with zero attached hydrogens (tertiary/aromatic N) is 2. The fourth-order valence-corrected chi connectivity index (χ4v) is 3.26. The number of carbonyl (C=O) groups is 1. The van der Waals surface area contributed by atoms with E-state index in [9.17, 15) is 9.59 Å². The van der Waals surface area contributed by atoms with Gasteiger partial charge in [0.2, 0.25) is 0 Å². The van der Waals surface area contributed by atoms with Gasteiger partial charge in [0.15, 0.2) is 0 Å². The molecule has 3 rings (SSSR count). The number of ether oxygens (including phenoxy) is 1. The zero-order valence-corrected chi connectivity index (χ0v) is 15.9. The summed E-state index contributed by atoms with van der Waals surface area (Å²) in [7, 11) is 1.72. The van der Waals surface area contributed by atoms with Crippen LogP contribution in [0, 0.1) is 6.92 Å². The van der Waals surface area contributed by atoms with Gasteiger partial charge < -0.3 is 14.2 Å². The maximum absolute atomic E-state index is 12.9. The van der Waals surface area contributed by atoms with E-state index in [1.165, 1.54) is 0 Å². The number of carbonyl (C=O) groups excluding carboxylic acids is 1. The Morgan fingerprint density at radius 3 is 2.78 bits per heavy atom. The molecular formula is C22H26N2O3. The minimum Gasteiger partial charge on any atom is -0.376 e. The maximum atomic E-state index is 12.9. The number of aromatic nitrogens is 1. The number of benzene rings is 1. The summed E-state index contributed by atoms with van der Waals surface area (Å²) in [4.78, 5) is 27.3. The average molecular weight is 366 g/mol. The normalized spacial score (nSPS) is 16.7. The smallest absolute Gasteiger partial charge is 0.263 e. The average Bonchev–Trinajstić information content (AvgIpc) is 3.18. The highest BCUT2D eigenvalue weighted by Gasteiger charge is 2.21. The second-order valence-corrected chi connectivity index (χ2v) is 6.97. The fourth-order valence-electron chi connectivity index (χ4n) is 3.26. The molecule has 2 heterocycles. The van der Waals surface area contributed by atoms with Gasteiger partial charge in [-0.05, 0) is 37.0 Å². The molecule has 0 spiro atoms. The zero-order valence-electron chi connectivity index (χ0n) is 15.9. The van der Waals surface area contributed by atoms with Gasteiger partial charge in [-0.3, -0.25) is 9.59 Å². The van der Waals surface area contributed by atoms with E-state index in [2.05, 4.69) is 0 Å². The topological polar surface area (TPSA) is 51.5 Å². The van der Waals surface area contributed by atoms with Crippen LogP contribution in [0.25, 0.3) is 6.08 Å². The minimum absolute atomic E-state index is 0.0555. The second kappa shape index (κ2) is 8.82. The van der Waals surface area contributed by atoms with E-state index in [4.69, 9.17) is 4.74 Å². The predicted octanol–water partition coefficient (Wildman–Crippen LogP) is 3.12.